The number of esters is 4. The lowest BCUT2D eigenvalue weighted by atomic mass is 9.87. The highest BCUT2D eigenvalue weighted by Crippen LogP contribution is 2.47. The van der Waals surface area contributed by atoms with Gasteiger partial charge in [-0.2, -0.15) is 26.3 Å². The van der Waals surface area contributed by atoms with E-state index >= 15 is 0 Å². The molecule has 0 saturated heterocycles. The molecule has 2 aliphatic carbocycles. The smallest absolute Gasteiger partial charge is 0.420 e. The number of ether oxygens (including phenoxy) is 6. The van der Waals surface area contributed by atoms with E-state index in [-0.39, 0.29) is 51.1 Å². The molecular formula is C36H44F6O10. The SMILES string of the molecule is C=CC(=O)OCCCCOC1CCC(OC(=O)c2ccc(OC(=O)C3CCC(OCCCCOC(=O)C=C)CC3)c(C(F)(F)F)c2C(F)(F)F)CC1. The molecule has 290 valence electrons. The Bertz CT molecular complexity index is 1380. The number of carbonyl (C=O) groups excluding carboxylic acids is 4. The largest absolute Gasteiger partial charge is 0.463 e. The van der Waals surface area contributed by atoms with Gasteiger partial charge >= 0.3 is 36.2 Å². The first-order chi connectivity index (χ1) is 24.6. The molecule has 0 amide bonds. The minimum Gasteiger partial charge on any atom is -0.463 e. The summed E-state index contributed by atoms with van der Waals surface area (Å²) in [5.41, 5.74) is -5.91. The van der Waals surface area contributed by atoms with E-state index in [1.807, 2.05) is 0 Å². The van der Waals surface area contributed by atoms with Crippen LogP contribution in [-0.4, -0.2) is 68.6 Å². The molecule has 3 rings (SSSR count). The number of alkyl halides is 6. The van der Waals surface area contributed by atoms with Crippen LogP contribution in [0.4, 0.5) is 26.3 Å². The van der Waals surface area contributed by atoms with Gasteiger partial charge < -0.3 is 28.4 Å². The molecule has 0 spiro atoms. The molecule has 0 bridgehead atoms. The Kier molecular flexibility index (Phi) is 16.6. The minimum atomic E-state index is -5.65. The van der Waals surface area contributed by atoms with E-state index in [1.54, 1.807) is 0 Å². The fourth-order valence-corrected chi connectivity index (χ4v) is 5.97. The standard InChI is InChI=1S/C36H44F6O10/c1-3-29(43)49-21-7-5-19-47-24-11-9-23(10-12-24)33(45)52-28-18-17-27(31(35(37,38)39)32(28)36(40,41)42)34(46)51-26-15-13-25(14-16-26)48-20-6-8-22-50-30(44)4-2/h3-4,17-18,23-26H,1-2,5-16,19-22H2. The minimum absolute atomic E-state index is 0.179. The van der Waals surface area contributed by atoms with Crippen molar-refractivity contribution in [3.05, 3.63) is 54.1 Å². The Morgan fingerprint density at radius 2 is 1.08 bits per heavy atom. The molecule has 2 aliphatic rings. The molecule has 0 radical (unpaired) electrons. The Labute approximate surface area is 297 Å². The van der Waals surface area contributed by atoms with Crippen LogP contribution in [0.3, 0.4) is 0 Å². The Morgan fingerprint density at radius 3 is 1.54 bits per heavy atom. The zero-order valence-corrected chi connectivity index (χ0v) is 28.7. The van der Waals surface area contributed by atoms with Gasteiger partial charge in [0.2, 0.25) is 0 Å². The molecule has 0 aromatic heterocycles. The predicted molar refractivity (Wildman–Crippen MR) is 172 cm³/mol. The maximum Gasteiger partial charge on any atom is 0.420 e. The fourth-order valence-electron chi connectivity index (χ4n) is 5.97. The van der Waals surface area contributed by atoms with Crippen molar-refractivity contribution in [2.24, 2.45) is 5.92 Å². The number of benzene rings is 1. The summed E-state index contributed by atoms with van der Waals surface area (Å²) in [6, 6.07) is 1.07. The van der Waals surface area contributed by atoms with Gasteiger partial charge in [-0.3, -0.25) is 4.79 Å². The van der Waals surface area contributed by atoms with Gasteiger partial charge in [0, 0.05) is 25.4 Å². The molecule has 2 saturated carbocycles. The maximum absolute atomic E-state index is 14.3. The summed E-state index contributed by atoms with van der Waals surface area (Å²) < 4.78 is 117. The molecule has 16 heteroatoms. The van der Waals surface area contributed by atoms with Crippen LogP contribution >= 0.6 is 0 Å². The second-order valence-corrected chi connectivity index (χ2v) is 12.5. The van der Waals surface area contributed by atoms with Gasteiger partial charge in [-0.05, 0) is 89.2 Å². The van der Waals surface area contributed by atoms with E-state index in [1.165, 1.54) is 0 Å². The maximum atomic E-state index is 14.3. The zero-order chi connectivity index (χ0) is 38.3. The highest BCUT2D eigenvalue weighted by molar-refractivity contribution is 5.92. The van der Waals surface area contributed by atoms with E-state index in [2.05, 4.69) is 13.2 Å². The van der Waals surface area contributed by atoms with Crippen LogP contribution in [0.25, 0.3) is 0 Å². The molecular weight excluding hydrogens is 706 g/mol. The summed E-state index contributed by atoms with van der Waals surface area (Å²) in [4.78, 5) is 48.0. The number of halogens is 6. The van der Waals surface area contributed by atoms with Crippen molar-refractivity contribution in [3.8, 4) is 5.75 Å². The molecule has 1 aromatic rings. The molecule has 0 heterocycles. The first kappa shape index (κ1) is 42.5. The third-order valence-corrected chi connectivity index (χ3v) is 8.67. The molecule has 52 heavy (non-hydrogen) atoms. The van der Waals surface area contributed by atoms with Crippen molar-refractivity contribution in [1.29, 1.82) is 0 Å². The van der Waals surface area contributed by atoms with Gasteiger partial charge in [0.05, 0.1) is 42.5 Å². The number of carbonyl (C=O) groups is 4. The predicted octanol–water partition coefficient (Wildman–Crippen LogP) is 7.71. The van der Waals surface area contributed by atoms with Crippen molar-refractivity contribution in [2.45, 2.75) is 108 Å². The second-order valence-electron chi connectivity index (χ2n) is 12.5. The van der Waals surface area contributed by atoms with E-state index in [0.29, 0.717) is 76.7 Å². The first-order valence-electron chi connectivity index (χ1n) is 17.2. The number of rotatable bonds is 18. The highest BCUT2D eigenvalue weighted by Gasteiger charge is 2.49. The van der Waals surface area contributed by atoms with E-state index in [9.17, 15) is 45.5 Å². The van der Waals surface area contributed by atoms with Crippen molar-refractivity contribution < 1.29 is 73.9 Å². The van der Waals surface area contributed by atoms with E-state index in [0.717, 1.165) is 12.2 Å². The fraction of sp³-hybridized carbons (Fsp3) is 0.611. The second kappa shape index (κ2) is 20.4. The van der Waals surface area contributed by atoms with Gasteiger partial charge in [-0.1, -0.05) is 13.2 Å². The average Bonchev–Trinajstić information content (AvgIpc) is 3.10. The topological polar surface area (TPSA) is 124 Å². The highest BCUT2D eigenvalue weighted by atomic mass is 19.4. The van der Waals surface area contributed by atoms with Crippen LogP contribution < -0.4 is 4.74 Å². The molecule has 2 fully saturated rings. The Hall–Kier alpha value is -3.92. The van der Waals surface area contributed by atoms with Crippen molar-refractivity contribution in [3.63, 3.8) is 0 Å². The summed E-state index contributed by atoms with van der Waals surface area (Å²) in [5.74, 6) is -5.99. The average molecular weight is 751 g/mol. The van der Waals surface area contributed by atoms with Crippen molar-refractivity contribution in [1.82, 2.24) is 0 Å². The molecule has 10 nitrogen and oxygen atoms in total. The number of unbranched alkanes of at least 4 members (excludes halogenated alkanes) is 2. The van der Waals surface area contributed by atoms with Gasteiger partial charge in [0.25, 0.3) is 0 Å². The quantitative estimate of drug-likeness (QED) is 0.0368. The molecule has 0 unspecified atom stereocenters. The van der Waals surface area contributed by atoms with Crippen LogP contribution in [-0.2, 0) is 50.4 Å². The van der Waals surface area contributed by atoms with Gasteiger partial charge in [-0.15, -0.1) is 0 Å². The van der Waals surface area contributed by atoms with Crippen LogP contribution in [0.1, 0.15) is 98.5 Å². The summed E-state index contributed by atoms with van der Waals surface area (Å²) in [5, 5.41) is 0. The molecule has 0 N–H and O–H groups in total. The van der Waals surface area contributed by atoms with Crippen LogP contribution in [0, 0.1) is 5.92 Å². The monoisotopic (exact) mass is 750 g/mol. The third kappa shape index (κ3) is 13.6. The van der Waals surface area contributed by atoms with Crippen LogP contribution in [0.5, 0.6) is 5.75 Å². The van der Waals surface area contributed by atoms with Gasteiger partial charge in [0.1, 0.15) is 17.4 Å². The first-order valence-corrected chi connectivity index (χ1v) is 17.2. The third-order valence-electron chi connectivity index (χ3n) is 8.67. The lowest BCUT2D eigenvalue weighted by Gasteiger charge is -2.29. The molecule has 0 atom stereocenters. The van der Waals surface area contributed by atoms with Crippen LogP contribution in [0.15, 0.2) is 37.4 Å². The van der Waals surface area contributed by atoms with Gasteiger partial charge in [-0.25, -0.2) is 14.4 Å². The summed E-state index contributed by atoms with van der Waals surface area (Å²) in [7, 11) is 0. The number of hydrogen-bond donors (Lipinski definition) is 0. The van der Waals surface area contributed by atoms with Crippen LogP contribution in [0.2, 0.25) is 0 Å². The Morgan fingerprint density at radius 1 is 0.635 bits per heavy atom. The lowest BCUT2D eigenvalue weighted by molar-refractivity contribution is -0.164. The van der Waals surface area contributed by atoms with Gasteiger partial charge in [0.15, 0.2) is 0 Å². The summed E-state index contributed by atoms with van der Waals surface area (Å²) in [6.45, 7) is 7.71. The van der Waals surface area contributed by atoms with E-state index < -0.39 is 70.7 Å². The normalized spacial score (nSPS) is 20.7. The Balaban J connectivity index is 1.57. The molecule has 0 aliphatic heterocycles. The number of hydrogen-bond acceptors (Lipinski definition) is 10. The summed E-state index contributed by atoms with van der Waals surface area (Å²) in [6.07, 6.45) is -5.83. The molecule has 1 aromatic carbocycles. The van der Waals surface area contributed by atoms with E-state index in [4.69, 9.17) is 28.4 Å². The van der Waals surface area contributed by atoms with Crippen molar-refractivity contribution in [2.75, 3.05) is 26.4 Å². The van der Waals surface area contributed by atoms with Crippen molar-refractivity contribution >= 4 is 23.9 Å². The zero-order valence-electron chi connectivity index (χ0n) is 28.7. The summed E-state index contributed by atoms with van der Waals surface area (Å²) >= 11 is 0. The lowest BCUT2D eigenvalue weighted by Crippen LogP contribution is -2.31.